The summed E-state index contributed by atoms with van der Waals surface area (Å²) in [5, 5.41) is 14.4. The fourth-order valence-electron chi connectivity index (χ4n) is 2.58. The van der Waals surface area contributed by atoms with E-state index in [-0.39, 0.29) is 18.4 Å². The van der Waals surface area contributed by atoms with Crippen LogP contribution in [0.25, 0.3) is 0 Å². The summed E-state index contributed by atoms with van der Waals surface area (Å²) in [6.07, 6.45) is 0.845. The first-order valence-corrected chi connectivity index (χ1v) is 8.69. The van der Waals surface area contributed by atoms with Gasteiger partial charge in [-0.05, 0) is 25.3 Å². The number of carbonyl (C=O) groups excluding carboxylic acids is 1. The van der Waals surface area contributed by atoms with Gasteiger partial charge in [0.2, 0.25) is 5.95 Å². The molecular weight excluding hydrogens is 346 g/mol. The standard InChI is InChI=1S/C19H25N5O3/c1-13-11-16(24(2)3)22-18(20-13)23-19(27)21-15(9-10-17(25)26)12-14-7-5-4-6-8-14/h4-8,11,15H,9-10,12H2,1-3H3,(H,25,26)(H2,20,21,22,23,27). The van der Waals surface area contributed by atoms with Crippen molar-refractivity contribution in [3.63, 3.8) is 0 Å². The molecule has 0 aliphatic rings. The van der Waals surface area contributed by atoms with E-state index in [2.05, 4.69) is 20.6 Å². The van der Waals surface area contributed by atoms with Crippen LogP contribution in [0.4, 0.5) is 16.6 Å². The quantitative estimate of drug-likeness (QED) is 0.658. The van der Waals surface area contributed by atoms with Crippen molar-refractivity contribution in [1.82, 2.24) is 15.3 Å². The lowest BCUT2D eigenvalue weighted by Crippen LogP contribution is -2.40. The Labute approximate surface area is 158 Å². The molecule has 27 heavy (non-hydrogen) atoms. The number of urea groups is 1. The Kier molecular flexibility index (Phi) is 7.10. The van der Waals surface area contributed by atoms with Crippen LogP contribution in [0.3, 0.4) is 0 Å². The highest BCUT2D eigenvalue weighted by Crippen LogP contribution is 2.12. The molecule has 0 saturated carbocycles. The lowest BCUT2D eigenvalue weighted by molar-refractivity contribution is -0.137. The zero-order valence-corrected chi connectivity index (χ0v) is 15.8. The van der Waals surface area contributed by atoms with Crippen LogP contribution in [-0.2, 0) is 11.2 Å². The van der Waals surface area contributed by atoms with Crippen molar-refractivity contribution in [3.05, 3.63) is 47.7 Å². The molecule has 1 atom stereocenters. The Hall–Kier alpha value is -3.16. The molecular formula is C19H25N5O3. The fourth-order valence-corrected chi connectivity index (χ4v) is 2.58. The number of aryl methyl sites for hydroxylation is 1. The number of nitrogens with zero attached hydrogens (tertiary/aromatic N) is 3. The molecule has 1 aromatic carbocycles. The summed E-state index contributed by atoms with van der Waals surface area (Å²) in [6, 6.07) is 10.7. The number of anilines is 2. The molecule has 2 aromatic rings. The number of nitrogens with one attached hydrogen (secondary N) is 2. The molecule has 1 heterocycles. The highest BCUT2D eigenvalue weighted by atomic mass is 16.4. The number of carboxylic acids is 1. The monoisotopic (exact) mass is 371 g/mol. The van der Waals surface area contributed by atoms with Gasteiger partial charge in [0.1, 0.15) is 5.82 Å². The Bertz CT molecular complexity index is 780. The van der Waals surface area contributed by atoms with Crippen molar-refractivity contribution in [3.8, 4) is 0 Å². The van der Waals surface area contributed by atoms with Gasteiger partial charge in [-0.3, -0.25) is 10.1 Å². The van der Waals surface area contributed by atoms with Crippen molar-refractivity contribution in [1.29, 1.82) is 0 Å². The van der Waals surface area contributed by atoms with E-state index in [1.807, 2.05) is 62.3 Å². The third-order valence-electron chi connectivity index (χ3n) is 3.89. The number of carboxylic acid groups (broad SMARTS) is 1. The molecule has 0 radical (unpaired) electrons. The number of hydrogen-bond donors (Lipinski definition) is 3. The maximum Gasteiger partial charge on any atom is 0.321 e. The van der Waals surface area contributed by atoms with Crippen LogP contribution in [0.5, 0.6) is 0 Å². The first kappa shape index (κ1) is 20.2. The molecule has 0 aliphatic heterocycles. The van der Waals surface area contributed by atoms with Crippen LogP contribution in [-0.4, -0.2) is 47.2 Å². The zero-order chi connectivity index (χ0) is 19.8. The largest absolute Gasteiger partial charge is 0.481 e. The molecule has 8 nitrogen and oxygen atoms in total. The molecule has 2 amide bonds. The summed E-state index contributed by atoms with van der Waals surface area (Å²) < 4.78 is 0. The molecule has 0 spiro atoms. The van der Waals surface area contributed by atoms with Gasteiger partial charge in [-0.2, -0.15) is 4.98 Å². The lowest BCUT2D eigenvalue weighted by Gasteiger charge is -2.19. The number of carbonyl (C=O) groups is 2. The minimum absolute atomic E-state index is 0.0243. The topological polar surface area (TPSA) is 107 Å². The van der Waals surface area contributed by atoms with E-state index >= 15 is 0 Å². The van der Waals surface area contributed by atoms with Crippen molar-refractivity contribution >= 4 is 23.8 Å². The molecule has 0 fully saturated rings. The second-order valence-electron chi connectivity index (χ2n) is 6.50. The second kappa shape index (κ2) is 9.51. The average Bonchev–Trinajstić information content (AvgIpc) is 2.60. The third-order valence-corrected chi connectivity index (χ3v) is 3.89. The molecule has 2 rings (SSSR count). The summed E-state index contributed by atoms with van der Waals surface area (Å²) in [7, 11) is 3.71. The van der Waals surface area contributed by atoms with Crippen LogP contribution < -0.4 is 15.5 Å². The Morgan fingerprint density at radius 3 is 2.52 bits per heavy atom. The van der Waals surface area contributed by atoms with E-state index in [1.165, 1.54) is 0 Å². The maximum atomic E-state index is 12.4. The van der Waals surface area contributed by atoms with E-state index in [9.17, 15) is 9.59 Å². The minimum Gasteiger partial charge on any atom is -0.481 e. The van der Waals surface area contributed by atoms with Gasteiger partial charge in [0.05, 0.1) is 0 Å². The average molecular weight is 371 g/mol. The second-order valence-corrected chi connectivity index (χ2v) is 6.50. The Morgan fingerprint density at radius 2 is 1.89 bits per heavy atom. The first-order valence-electron chi connectivity index (χ1n) is 8.69. The number of aliphatic carboxylic acids is 1. The number of rotatable bonds is 8. The minimum atomic E-state index is -0.895. The van der Waals surface area contributed by atoms with E-state index in [4.69, 9.17) is 5.11 Å². The molecule has 3 N–H and O–H groups in total. The molecule has 0 bridgehead atoms. The third kappa shape index (κ3) is 6.93. The number of hydrogen-bond acceptors (Lipinski definition) is 5. The molecule has 144 valence electrons. The van der Waals surface area contributed by atoms with Gasteiger partial charge in [-0.25, -0.2) is 9.78 Å². The van der Waals surface area contributed by atoms with Gasteiger partial charge in [0, 0.05) is 38.3 Å². The Balaban J connectivity index is 2.05. The molecule has 0 aliphatic carbocycles. The fraction of sp³-hybridized carbons (Fsp3) is 0.368. The predicted molar refractivity (Wildman–Crippen MR) is 104 cm³/mol. The summed E-state index contributed by atoms with van der Waals surface area (Å²) in [5.74, 6) is -0.00896. The number of amides is 2. The summed E-state index contributed by atoms with van der Waals surface area (Å²) in [5.41, 5.74) is 1.76. The Morgan fingerprint density at radius 1 is 1.19 bits per heavy atom. The maximum absolute atomic E-state index is 12.4. The van der Waals surface area contributed by atoms with E-state index in [0.717, 1.165) is 11.3 Å². The SMILES string of the molecule is Cc1cc(N(C)C)nc(NC(=O)NC(CCC(=O)O)Cc2ccccc2)n1. The van der Waals surface area contributed by atoms with E-state index in [1.54, 1.807) is 0 Å². The summed E-state index contributed by atoms with van der Waals surface area (Å²) >= 11 is 0. The highest BCUT2D eigenvalue weighted by molar-refractivity contribution is 5.87. The smallest absolute Gasteiger partial charge is 0.321 e. The molecule has 8 heteroatoms. The van der Waals surface area contributed by atoms with Crippen LogP contribution in [0.1, 0.15) is 24.1 Å². The van der Waals surface area contributed by atoms with Crippen LogP contribution >= 0.6 is 0 Å². The van der Waals surface area contributed by atoms with Crippen molar-refractivity contribution < 1.29 is 14.7 Å². The highest BCUT2D eigenvalue weighted by Gasteiger charge is 2.16. The predicted octanol–water partition coefficient (Wildman–Crippen LogP) is 2.45. The first-order chi connectivity index (χ1) is 12.8. The van der Waals surface area contributed by atoms with Gasteiger partial charge in [-0.1, -0.05) is 30.3 Å². The van der Waals surface area contributed by atoms with Gasteiger partial charge in [-0.15, -0.1) is 0 Å². The van der Waals surface area contributed by atoms with Gasteiger partial charge < -0.3 is 15.3 Å². The normalized spacial score (nSPS) is 11.5. The van der Waals surface area contributed by atoms with Gasteiger partial charge >= 0.3 is 12.0 Å². The van der Waals surface area contributed by atoms with Crippen LogP contribution in [0, 0.1) is 6.92 Å². The molecule has 1 unspecified atom stereocenters. The van der Waals surface area contributed by atoms with Gasteiger partial charge in [0.15, 0.2) is 0 Å². The van der Waals surface area contributed by atoms with Gasteiger partial charge in [0.25, 0.3) is 0 Å². The van der Waals surface area contributed by atoms with E-state index < -0.39 is 12.0 Å². The van der Waals surface area contributed by atoms with Crippen molar-refractivity contribution in [2.24, 2.45) is 0 Å². The van der Waals surface area contributed by atoms with Crippen LogP contribution in [0.15, 0.2) is 36.4 Å². The summed E-state index contributed by atoms with van der Waals surface area (Å²) in [6.45, 7) is 1.82. The molecule has 1 aromatic heterocycles. The van der Waals surface area contributed by atoms with Crippen LogP contribution in [0.2, 0.25) is 0 Å². The van der Waals surface area contributed by atoms with E-state index in [0.29, 0.717) is 18.7 Å². The zero-order valence-electron chi connectivity index (χ0n) is 15.8. The summed E-state index contributed by atoms with van der Waals surface area (Å²) in [4.78, 5) is 33.6. The van der Waals surface area contributed by atoms with Crippen molar-refractivity contribution in [2.45, 2.75) is 32.2 Å². The molecule has 0 saturated heterocycles. The van der Waals surface area contributed by atoms with Crippen molar-refractivity contribution in [2.75, 3.05) is 24.3 Å². The lowest BCUT2D eigenvalue weighted by atomic mass is 10.0. The number of benzene rings is 1. The number of aromatic nitrogens is 2.